The average molecular weight is 1110 g/mol. The monoisotopic (exact) mass is 1110 g/mol. The summed E-state index contributed by atoms with van der Waals surface area (Å²) in [6, 6.07) is 23.0. The molecular formula is C60H60O12P3Sc. The van der Waals surface area contributed by atoms with Gasteiger partial charge in [-0.2, -0.15) is 0 Å². The minimum absolute atomic E-state index is 0. The first kappa shape index (κ1) is 52.3. The molecule has 12 nitrogen and oxygen atoms in total. The Morgan fingerprint density at radius 1 is 0.250 bits per heavy atom. The fourth-order valence-corrected chi connectivity index (χ4v) is 16.2. The maximum atomic E-state index is 12.3. The van der Waals surface area contributed by atoms with Gasteiger partial charge in [0.05, 0.1) is 0 Å². The van der Waals surface area contributed by atoms with E-state index in [9.17, 15) is 28.4 Å². The van der Waals surface area contributed by atoms with Crippen LogP contribution in [0.25, 0.3) is 33.4 Å². The average Bonchev–Trinajstić information content (AvgIpc) is 3.76. The van der Waals surface area contributed by atoms with Gasteiger partial charge in [0.2, 0.25) is 0 Å². The Hall–Kier alpha value is -4.44. The number of hydrogen-bond donors (Lipinski definition) is 0. The molecule has 6 aromatic carbocycles. The van der Waals surface area contributed by atoms with Gasteiger partial charge in [0.15, 0.2) is 0 Å². The van der Waals surface area contributed by atoms with Crippen LogP contribution in [-0.4, -0.2) is 0 Å². The molecule has 3 heterocycles. The van der Waals surface area contributed by atoms with E-state index in [0.29, 0.717) is 34.5 Å². The number of fused-ring (bicyclic) bond motifs is 21. The van der Waals surface area contributed by atoms with Gasteiger partial charge in [-0.15, -0.1) is 0 Å². The van der Waals surface area contributed by atoms with Gasteiger partial charge >= 0.3 is 49.3 Å². The van der Waals surface area contributed by atoms with Crippen LogP contribution in [0.1, 0.15) is 144 Å². The van der Waals surface area contributed by atoms with Gasteiger partial charge in [0, 0.05) is 33.4 Å². The summed E-state index contributed by atoms with van der Waals surface area (Å²) in [4.78, 5) is 36.9. The van der Waals surface area contributed by atoms with Crippen molar-refractivity contribution in [2.75, 3.05) is 0 Å². The molecule has 6 aromatic rings. The molecule has 0 amide bonds. The first-order valence-electron chi connectivity index (χ1n) is 27.4. The Morgan fingerprint density at radius 2 is 0.395 bits per heavy atom. The number of hydrogen-bond acceptors (Lipinski definition) is 12. The van der Waals surface area contributed by atoms with Gasteiger partial charge < -0.3 is 41.8 Å². The number of rotatable bonds is 0. The standard InChI is InChI=1S/3C20H21O4P.Sc/c3*21-25(22)23-17-11-9-13-5-1-3-7-15(13)19(17)20-16-8-4-2-6-14(16)10-12-18(20)24-25;/h3*9-12H,1-8H2,(H,21,22);/q;;;+3/p-3. The van der Waals surface area contributed by atoms with Crippen LogP contribution < -0.4 is 41.8 Å². The molecule has 9 aliphatic rings. The summed E-state index contributed by atoms with van der Waals surface area (Å²) in [5.41, 5.74) is 21.1. The van der Waals surface area contributed by atoms with E-state index in [1.165, 1.54) is 105 Å². The molecule has 0 saturated heterocycles. The van der Waals surface area contributed by atoms with Crippen LogP contribution in [-0.2, 0) is 117 Å². The van der Waals surface area contributed by atoms with Crippen molar-refractivity contribution in [3.8, 4) is 67.9 Å². The first-order valence-corrected chi connectivity index (χ1v) is 31.8. The van der Waals surface area contributed by atoms with Gasteiger partial charge in [-0.25, -0.2) is 13.7 Å². The van der Waals surface area contributed by atoms with E-state index in [0.717, 1.165) is 149 Å². The summed E-state index contributed by atoms with van der Waals surface area (Å²) in [5, 5.41) is 0. The molecule has 0 spiro atoms. The normalized spacial score (nSPS) is 19.8. The van der Waals surface area contributed by atoms with E-state index in [1.807, 2.05) is 72.8 Å². The molecule has 0 N–H and O–H groups in total. The van der Waals surface area contributed by atoms with E-state index < -0.39 is 23.5 Å². The number of benzene rings is 6. The van der Waals surface area contributed by atoms with Gasteiger partial charge in [0.25, 0.3) is 0 Å². The van der Waals surface area contributed by atoms with Crippen LogP contribution in [0, 0.1) is 0 Å². The molecule has 390 valence electrons. The summed E-state index contributed by atoms with van der Waals surface area (Å²) in [7, 11) is -13.2. The molecular weight excluding hydrogens is 1050 g/mol. The van der Waals surface area contributed by atoms with Crippen LogP contribution in [0.5, 0.6) is 34.5 Å². The molecule has 0 aromatic heterocycles. The second kappa shape index (κ2) is 21.0. The Labute approximate surface area is 463 Å². The maximum Gasteiger partial charge on any atom is 3.00 e. The van der Waals surface area contributed by atoms with Gasteiger partial charge in [-0.1, -0.05) is 36.4 Å². The third-order valence-corrected chi connectivity index (χ3v) is 19.5. The zero-order chi connectivity index (χ0) is 51.1. The molecule has 0 fully saturated rings. The minimum atomic E-state index is -4.42. The third kappa shape index (κ3) is 9.92. The summed E-state index contributed by atoms with van der Waals surface area (Å²) in [5.74, 6) is 2.57. The summed E-state index contributed by atoms with van der Waals surface area (Å²) in [6.45, 7) is 0. The fraction of sp³-hybridized carbons (Fsp3) is 0.400. The van der Waals surface area contributed by atoms with Crippen LogP contribution in [0.15, 0.2) is 72.8 Å². The molecule has 0 radical (unpaired) electrons. The third-order valence-electron chi connectivity index (χ3n) is 17.0. The van der Waals surface area contributed by atoms with Crippen molar-refractivity contribution >= 4 is 23.5 Å². The van der Waals surface area contributed by atoms with E-state index in [2.05, 4.69) is 0 Å². The van der Waals surface area contributed by atoms with Crippen molar-refractivity contribution in [1.29, 1.82) is 0 Å². The van der Waals surface area contributed by atoms with Crippen molar-refractivity contribution in [1.82, 2.24) is 0 Å². The predicted molar refractivity (Wildman–Crippen MR) is 282 cm³/mol. The summed E-state index contributed by atoms with van der Waals surface area (Å²) >= 11 is 0. The zero-order valence-corrected chi connectivity index (χ0v) is 47.2. The van der Waals surface area contributed by atoms with Crippen LogP contribution in [0.2, 0.25) is 0 Å². The quantitative estimate of drug-likeness (QED) is 0.132. The van der Waals surface area contributed by atoms with Gasteiger partial charge in [-0.3, -0.25) is 0 Å². The maximum absolute atomic E-state index is 12.3. The van der Waals surface area contributed by atoms with Crippen molar-refractivity contribution in [2.45, 2.75) is 154 Å². The van der Waals surface area contributed by atoms with Crippen LogP contribution >= 0.6 is 23.5 Å². The molecule has 0 saturated carbocycles. The minimum Gasteiger partial charge on any atom is -0.736 e. The van der Waals surface area contributed by atoms with Crippen LogP contribution in [0.4, 0.5) is 0 Å². The number of phosphoric acid groups is 3. The number of aryl methyl sites for hydroxylation is 6. The topological polar surface area (TPSA) is 176 Å². The zero-order valence-electron chi connectivity index (χ0n) is 42.7. The van der Waals surface area contributed by atoms with Gasteiger partial charge in [-0.05, 0) is 257 Å². The Kier molecular flexibility index (Phi) is 14.4. The molecule has 76 heavy (non-hydrogen) atoms. The summed E-state index contributed by atoms with van der Waals surface area (Å²) < 4.78 is 69.1. The SMILES string of the molecule is O=P1([O-])Oc2ccc3c(c2-c2c(ccc4c2CCCC4)O1)CCCC3.O=P1([O-])Oc2ccc3c(c2-c2c(ccc4c2CCCC4)O1)CCCC3.O=P1([O-])Oc2ccc3c(c2-c2c(ccc4c2CCCC4)O1)CCCC3.[Sc+3]. The largest absolute Gasteiger partial charge is 3.00 e. The molecule has 3 aliphatic heterocycles. The Morgan fingerprint density at radius 3 is 0.553 bits per heavy atom. The molecule has 15 rings (SSSR count). The fourth-order valence-electron chi connectivity index (χ4n) is 13.7. The van der Waals surface area contributed by atoms with Crippen molar-refractivity contribution < 1.29 is 81.4 Å². The number of phosphoric ester groups is 3. The van der Waals surface area contributed by atoms with E-state index >= 15 is 0 Å². The van der Waals surface area contributed by atoms with E-state index in [-0.39, 0.29) is 25.8 Å². The van der Waals surface area contributed by atoms with E-state index in [1.54, 1.807) is 0 Å². The molecule has 0 unspecified atom stereocenters. The van der Waals surface area contributed by atoms with Crippen molar-refractivity contribution in [3.63, 3.8) is 0 Å². The van der Waals surface area contributed by atoms with Crippen molar-refractivity contribution in [2.24, 2.45) is 0 Å². The Balaban J connectivity index is 0.000000114. The second-order valence-electron chi connectivity index (χ2n) is 21.6. The van der Waals surface area contributed by atoms with E-state index in [4.69, 9.17) is 27.1 Å². The van der Waals surface area contributed by atoms with Crippen LogP contribution in [0.3, 0.4) is 0 Å². The molecule has 6 aliphatic carbocycles. The molecule has 16 heteroatoms. The smallest absolute Gasteiger partial charge is 0.736 e. The van der Waals surface area contributed by atoms with Gasteiger partial charge in [0.1, 0.15) is 34.5 Å². The second-order valence-corrected chi connectivity index (χ2v) is 25.4. The summed E-state index contributed by atoms with van der Waals surface area (Å²) in [6.07, 6.45) is 25.9. The van der Waals surface area contributed by atoms with Crippen molar-refractivity contribution in [3.05, 3.63) is 140 Å². The molecule has 0 bridgehead atoms. The molecule has 0 atom stereocenters. The predicted octanol–water partition coefficient (Wildman–Crippen LogP) is 13.0. The Bertz CT molecular complexity index is 2910. The first-order chi connectivity index (χ1) is 36.4.